The molecule has 1 unspecified atom stereocenters. The van der Waals surface area contributed by atoms with Gasteiger partial charge >= 0.3 is 0 Å². The van der Waals surface area contributed by atoms with Crippen LogP contribution < -0.4 is 10.5 Å². The molecule has 1 atom stereocenters. The molecule has 106 valence electrons. The van der Waals surface area contributed by atoms with E-state index in [1.54, 1.807) is 13.2 Å². The first-order valence-electron chi connectivity index (χ1n) is 6.42. The van der Waals surface area contributed by atoms with E-state index in [1.807, 2.05) is 24.3 Å². The molecule has 0 bridgehead atoms. The summed E-state index contributed by atoms with van der Waals surface area (Å²) in [6.07, 6.45) is 0.677. The molecule has 20 heavy (non-hydrogen) atoms. The maximum Gasteiger partial charge on any atom is 0.137 e. The van der Waals surface area contributed by atoms with Crippen LogP contribution in [0.4, 0.5) is 4.39 Å². The van der Waals surface area contributed by atoms with Gasteiger partial charge in [0.1, 0.15) is 11.6 Å². The lowest BCUT2D eigenvalue weighted by Gasteiger charge is -2.16. The SMILES string of the molecule is COc1ccc(C(CN)Cc2cccc(F)c2)cc1Cl. The molecule has 0 aliphatic rings. The zero-order valence-electron chi connectivity index (χ0n) is 11.3. The monoisotopic (exact) mass is 293 g/mol. The summed E-state index contributed by atoms with van der Waals surface area (Å²) in [6.45, 7) is 0.471. The van der Waals surface area contributed by atoms with E-state index in [4.69, 9.17) is 22.1 Å². The number of hydrogen-bond acceptors (Lipinski definition) is 2. The van der Waals surface area contributed by atoms with Crippen molar-refractivity contribution in [1.82, 2.24) is 0 Å². The topological polar surface area (TPSA) is 35.2 Å². The van der Waals surface area contributed by atoms with Gasteiger partial charge in [-0.15, -0.1) is 0 Å². The van der Waals surface area contributed by atoms with E-state index >= 15 is 0 Å². The van der Waals surface area contributed by atoms with E-state index in [2.05, 4.69) is 0 Å². The molecule has 0 saturated heterocycles. The number of hydrogen-bond donors (Lipinski definition) is 1. The zero-order chi connectivity index (χ0) is 14.5. The van der Waals surface area contributed by atoms with E-state index in [1.165, 1.54) is 12.1 Å². The van der Waals surface area contributed by atoms with Gasteiger partial charge in [0.15, 0.2) is 0 Å². The second-order valence-corrected chi connectivity index (χ2v) is 5.07. The molecule has 2 nitrogen and oxygen atoms in total. The van der Waals surface area contributed by atoms with Crippen molar-refractivity contribution in [3.05, 3.63) is 64.4 Å². The predicted octanol–water partition coefficient (Wildman–Crippen LogP) is 3.77. The summed E-state index contributed by atoms with van der Waals surface area (Å²) >= 11 is 6.13. The first-order valence-corrected chi connectivity index (χ1v) is 6.79. The Hall–Kier alpha value is -1.58. The van der Waals surface area contributed by atoms with Crippen molar-refractivity contribution in [2.45, 2.75) is 12.3 Å². The summed E-state index contributed by atoms with van der Waals surface area (Å²) < 4.78 is 18.4. The number of nitrogens with two attached hydrogens (primary N) is 1. The number of methoxy groups -OCH3 is 1. The van der Waals surface area contributed by atoms with Gasteiger partial charge in [-0.3, -0.25) is 0 Å². The molecule has 2 aromatic rings. The summed E-state index contributed by atoms with van der Waals surface area (Å²) in [5, 5.41) is 0.558. The minimum Gasteiger partial charge on any atom is -0.495 e. The fourth-order valence-electron chi connectivity index (χ4n) is 2.22. The van der Waals surface area contributed by atoms with Crippen molar-refractivity contribution in [3.63, 3.8) is 0 Å². The Labute approximate surface area is 123 Å². The van der Waals surface area contributed by atoms with Gasteiger partial charge in [-0.25, -0.2) is 4.39 Å². The van der Waals surface area contributed by atoms with E-state index in [-0.39, 0.29) is 11.7 Å². The van der Waals surface area contributed by atoms with Crippen LogP contribution in [0.25, 0.3) is 0 Å². The quantitative estimate of drug-likeness (QED) is 0.911. The lowest BCUT2D eigenvalue weighted by Crippen LogP contribution is -2.15. The highest BCUT2D eigenvalue weighted by Gasteiger charge is 2.13. The van der Waals surface area contributed by atoms with E-state index in [9.17, 15) is 4.39 Å². The fraction of sp³-hybridized carbons (Fsp3) is 0.250. The van der Waals surface area contributed by atoms with Gasteiger partial charge in [-0.05, 0) is 48.4 Å². The van der Waals surface area contributed by atoms with Crippen molar-refractivity contribution in [2.24, 2.45) is 5.73 Å². The molecule has 0 heterocycles. The summed E-state index contributed by atoms with van der Waals surface area (Å²) in [4.78, 5) is 0. The Morgan fingerprint density at radius 3 is 2.65 bits per heavy atom. The van der Waals surface area contributed by atoms with Gasteiger partial charge in [0.05, 0.1) is 12.1 Å². The van der Waals surface area contributed by atoms with Gasteiger partial charge in [0.25, 0.3) is 0 Å². The van der Waals surface area contributed by atoms with Crippen LogP contribution in [0.3, 0.4) is 0 Å². The molecule has 0 aromatic heterocycles. The van der Waals surface area contributed by atoms with Crippen LogP contribution in [0.5, 0.6) is 5.75 Å². The molecule has 2 rings (SSSR count). The first-order chi connectivity index (χ1) is 9.63. The Morgan fingerprint density at radius 1 is 1.25 bits per heavy atom. The van der Waals surface area contributed by atoms with Gasteiger partial charge in [0.2, 0.25) is 0 Å². The van der Waals surface area contributed by atoms with Crippen LogP contribution in [0, 0.1) is 5.82 Å². The highest BCUT2D eigenvalue weighted by Crippen LogP contribution is 2.29. The van der Waals surface area contributed by atoms with Crippen LogP contribution in [-0.4, -0.2) is 13.7 Å². The minimum atomic E-state index is -0.231. The summed E-state index contributed by atoms with van der Waals surface area (Å²) in [6, 6.07) is 12.2. The first kappa shape index (κ1) is 14.8. The molecule has 2 N–H and O–H groups in total. The Kier molecular flexibility index (Phi) is 4.99. The molecule has 2 aromatic carbocycles. The maximum absolute atomic E-state index is 13.2. The van der Waals surface area contributed by atoms with Crippen LogP contribution in [0.1, 0.15) is 17.0 Å². The van der Waals surface area contributed by atoms with Gasteiger partial charge < -0.3 is 10.5 Å². The summed E-state index contributed by atoms with van der Waals surface area (Å²) in [5.41, 5.74) is 7.80. The molecule has 0 aliphatic heterocycles. The number of benzene rings is 2. The largest absolute Gasteiger partial charge is 0.495 e. The maximum atomic E-state index is 13.2. The van der Waals surface area contributed by atoms with Crippen molar-refractivity contribution < 1.29 is 9.13 Å². The minimum absolute atomic E-state index is 0.0974. The van der Waals surface area contributed by atoms with Crippen molar-refractivity contribution in [3.8, 4) is 5.75 Å². The number of halogens is 2. The van der Waals surface area contributed by atoms with E-state index < -0.39 is 0 Å². The third kappa shape index (κ3) is 3.50. The molecular weight excluding hydrogens is 277 g/mol. The molecule has 0 saturated carbocycles. The smallest absolute Gasteiger partial charge is 0.137 e. The molecule has 0 spiro atoms. The molecule has 0 amide bonds. The third-order valence-corrected chi connectivity index (χ3v) is 3.60. The zero-order valence-corrected chi connectivity index (χ0v) is 12.0. The molecule has 0 fully saturated rings. The molecule has 0 aliphatic carbocycles. The Balaban J connectivity index is 2.22. The second kappa shape index (κ2) is 6.73. The van der Waals surface area contributed by atoms with Crippen LogP contribution in [0.15, 0.2) is 42.5 Å². The predicted molar refractivity (Wildman–Crippen MR) is 79.9 cm³/mol. The van der Waals surface area contributed by atoms with E-state index in [0.717, 1.165) is 11.1 Å². The highest BCUT2D eigenvalue weighted by molar-refractivity contribution is 6.32. The van der Waals surface area contributed by atoms with Crippen LogP contribution >= 0.6 is 11.6 Å². The van der Waals surface area contributed by atoms with Gasteiger partial charge in [0, 0.05) is 5.92 Å². The fourth-order valence-corrected chi connectivity index (χ4v) is 2.49. The average molecular weight is 294 g/mol. The Morgan fingerprint density at radius 2 is 2.05 bits per heavy atom. The standard InChI is InChI=1S/C16H17ClFNO/c1-20-16-6-5-12(9-15(16)17)13(10-19)7-11-3-2-4-14(18)8-11/h2-6,8-9,13H,7,10,19H2,1H3. The van der Waals surface area contributed by atoms with Crippen LogP contribution in [0.2, 0.25) is 5.02 Å². The number of rotatable bonds is 5. The summed E-state index contributed by atoms with van der Waals surface area (Å²) in [5.74, 6) is 0.503. The number of ether oxygens (including phenoxy) is 1. The van der Waals surface area contributed by atoms with E-state index in [0.29, 0.717) is 23.7 Å². The average Bonchev–Trinajstić information content (AvgIpc) is 2.44. The van der Waals surface area contributed by atoms with Gasteiger partial charge in [-0.1, -0.05) is 29.8 Å². The van der Waals surface area contributed by atoms with Crippen LogP contribution in [-0.2, 0) is 6.42 Å². The highest BCUT2D eigenvalue weighted by atomic mass is 35.5. The lowest BCUT2D eigenvalue weighted by molar-refractivity contribution is 0.414. The normalized spacial score (nSPS) is 12.2. The Bertz CT molecular complexity index is 588. The van der Waals surface area contributed by atoms with Gasteiger partial charge in [-0.2, -0.15) is 0 Å². The second-order valence-electron chi connectivity index (χ2n) is 4.66. The molecular formula is C16H17ClFNO. The van der Waals surface area contributed by atoms with Crippen molar-refractivity contribution >= 4 is 11.6 Å². The molecule has 0 radical (unpaired) electrons. The lowest BCUT2D eigenvalue weighted by atomic mass is 9.92. The third-order valence-electron chi connectivity index (χ3n) is 3.30. The van der Waals surface area contributed by atoms with Crippen molar-refractivity contribution in [2.75, 3.05) is 13.7 Å². The summed E-state index contributed by atoms with van der Waals surface area (Å²) in [7, 11) is 1.58. The van der Waals surface area contributed by atoms with Crippen molar-refractivity contribution in [1.29, 1.82) is 0 Å². The molecule has 4 heteroatoms.